The average molecular weight is 484 g/mol. The highest BCUT2D eigenvalue weighted by Gasteiger charge is 2.26. The number of nitro benzene ring substituents is 1. The maximum atomic E-state index is 12.3. The van der Waals surface area contributed by atoms with Crippen molar-refractivity contribution in [3.05, 3.63) is 60.5 Å². The predicted molar refractivity (Wildman–Crippen MR) is 104 cm³/mol. The average Bonchev–Trinajstić information content (AvgIpc) is 2.89. The van der Waals surface area contributed by atoms with Crippen molar-refractivity contribution in [2.45, 2.75) is 0 Å². The molecule has 0 atom stereocenters. The van der Waals surface area contributed by atoms with E-state index in [1.54, 1.807) is 18.2 Å². The van der Waals surface area contributed by atoms with Crippen molar-refractivity contribution in [1.82, 2.24) is 0 Å². The third-order valence-corrected chi connectivity index (χ3v) is 4.84. The van der Waals surface area contributed by atoms with Crippen LogP contribution >= 0.6 is 31.9 Å². The number of hydrogen-bond donors (Lipinski definition) is 2. The molecule has 2 N–H and O–H groups in total. The first kappa shape index (κ1) is 18.6. The van der Waals surface area contributed by atoms with Crippen molar-refractivity contribution in [2.75, 3.05) is 18.5 Å². The van der Waals surface area contributed by atoms with Crippen LogP contribution in [-0.4, -0.2) is 29.2 Å². The van der Waals surface area contributed by atoms with Gasteiger partial charge in [0.1, 0.15) is 12.4 Å². The molecule has 1 amide bonds. The number of ether oxygens (including phenoxy) is 1. The number of rotatable bonds is 5. The third-order valence-electron chi connectivity index (χ3n) is 3.67. The summed E-state index contributed by atoms with van der Waals surface area (Å²) in [6.45, 7) is 0.0392. The number of carbonyl (C=O) groups excluding carboxylic acids is 1. The normalized spacial score (nSPS) is 14.3. The standard InChI is InChI=1S/C17H12Br2N2O5/c18-13-6-9(7-14(19)16(13)26-4-3-22)5-12-11-8-10(21(24)25)1-2-15(11)20-17(12)23/h1-2,5-8,22H,3-4H2,(H,20,23)/b12-5-. The van der Waals surface area contributed by atoms with E-state index < -0.39 is 4.92 Å². The summed E-state index contributed by atoms with van der Waals surface area (Å²) in [5.74, 6) is 0.210. The highest BCUT2D eigenvalue weighted by molar-refractivity contribution is 9.11. The Morgan fingerprint density at radius 3 is 2.54 bits per heavy atom. The van der Waals surface area contributed by atoms with Crippen LogP contribution in [0.15, 0.2) is 39.3 Å². The van der Waals surface area contributed by atoms with Crippen molar-refractivity contribution < 1.29 is 19.6 Å². The minimum atomic E-state index is -0.499. The second-order valence-electron chi connectivity index (χ2n) is 5.38. The van der Waals surface area contributed by atoms with Crippen LogP contribution in [0.1, 0.15) is 11.1 Å². The zero-order valence-electron chi connectivity index (χ0n) is 13.2. The Morgan fingerprint density at radius 1 is 1.23 bits per heavy atom. The summed E-state index contributed by atoms with van der Waals surface area (Å²) in [6.07, 6.45) is 1.65. The number of aliphatic hydroxyl groups excluding tert-OH is 1. The highest BCUT2D eigenvalue weighted by atomic mass is 79.9. The van der Waals surface area contributed by atoms with Gasteiger partial charge in [-0.2, -0.15) is 0 Å². The number of nitrogens with one attached hydrogen (secondary N) is 1. The molecule has 2 aromatic rings. The molecular formula is C17H12Br2N2O5. The zero-order chi connectivity index (χ0) is 18.8. The van der Waals surface area contributed by atoms with Crippen LogP contribution in [-0.2, 0) is 4.79 Å². The van der Waals surface area contributed by atoms with Crippen LogP contribution in [0.4, 0.5) is 11.4 Å². The Kier molecular flexibility index (Phi) is 5.40. The quantitative estimate of drug-likeness (QED) is 0.380. The summed E-state index contributed by atoms with van der Waals surface area (Å²) in [4.78, 5) is 22.8. The van der Waals surface area contributed by atoms with Gasteiger partial charge in [-0.1, -0.05) is 0 Å². The molecule has 1 heterocycles. The number of carbonyl (C=O) groups is 1. The van der Waals surface area contributed by atoms with Gasteiger partial charge in [0.25, 0.3) is 11.6 Å². The second kappa shape index (κ2) is 7.56. The lowest BCUT2D eigenvalue weighted by Crippen LogP contribution is -2.04. The number of fused-ring (bicyclic) bond motifs is 1. The van der Waals surface area contributed by atoms with Gasteiger partial charge >= 0.3 is 0 Å². The lowest BCUT2D eigenvalue weighted by molar-refractivity contribution is -0.384. The molecule has 0 fully saturated rings. The molecule has 0 radical (unpaired) electrons. The maximum Gasteiger partial charge on any atom is 0.270 e. The number of aliphatic hydroxyl groups is 1. The Balaban J connectivity index is 2.02. The van der Waals surface area contributed by atoms with E-state index in [0.717, 1.165) is 0 Å². The topological polar surface area (TPSA) is 102 Å². The number of non-ortho nitro benzene ring substituents is 1. The summed E-state index contributed by atoms with van der Waals surface area (Å²) < 4.78 is 6.73. The SMILES string of the molecule is O=C1Nc2ccc([N+](=O)[O-])cc2/C1=C/c1cc(Br)c(OCCO)c(Br)c1. The molecule has 7 nitrogen and oxygen atoms in total. The first-order valence-electron chi connectivity index (χ1n) is 7.45. The number of anilines is 1. The van der Waals surface area contributed by atoms with Crippen LogP contribution in [0.3, 0.4) is 0 Å². The van der Waals surface area contributed by atoms with E-state index >= 15 is 0 Å². The lowest BCUT2D eigenvalue weighted by Gasteiger charge is -2.10. The summed E-state index contributed by atoms with van der Waals surface area (Å²) in [7, 11) is 0. The Hall–Kier alpha value is -2.23. The van der Waals surface area contributed by atoms with E-state index in [-0.39, 0.29) is 24.8 Å². The molecule has 1 aliphatic rings. The van der Waals surface area contributed by atoms with Crippen LogP contribution in [0, 0.1) is 10.1 Å². The number of halogens is 2. The molecule has 26 heavy (non-hydrogen) atoms. The van der Waals surface area contributed by atoms with Gasteiger partial charge in [0.05, 0.1) is 20.5 Å². The Labute approximate surface area is 165 Å². The van der Waals surface area contributed by atoms with Crippen LogP contribution in [0.2, 0.25) is 0 Å². The van der Waals surface area contributed by atoms with Crippen LogP contribution in [0.25, 0.3) is 11.6 Å². The molecule has 1 aliphatic heterocycles. The number of nitrogens with zero attached hydrogens (tertiary/aromatic N) is 1. The molecular weight excluding hydrogens is 472 g/mol. The number of amides is 1. The van der Waals surface area contributed by atoms with E-state index in [1.807, 2.05) is 0 Å². The van der Waals surface area contributed by atoms with E-state index in [1.165, 1.54) is 18.2 Å². The minimum Gasteiger partial charge on any atom is -0.489 e. The van der Waals surface area contributed by atoms with Gasteiger partial charge < -0.3 is 15.2 Å². The van der Waals surface area contributed by atoms with Crippen molar-refractivity contribution in [2.24, 2.45) is 0 Å². The van der Waals surface area contributed by atoms with Crippen molar-refractivity contribution in [3.8, 4) is 5.75 Å². The van der Waals surface area contributed by atoms with Crippen molar-refractivity contribution in [1.29, 1.82) is 0 Å². The van der Waals surface area contributed by atoms with E-state index in [9.17, 15) is 14.9 Å². The van der Waals surface area contributed by atoms with Gasteiger partial charge in [0.15, 0.2) is 0 Å². The first-order valence-corrected chi connectivity index (χ1v) is 9.04. The third kappa shape index (κ3) is 3.64. The number of hydrogen-bond acceptors (Lipinski definition) is 5. The molecule has 0 bridgehead atoms. The van der Waals surface area contributed by atoms with Gasteiger partial charge in [0.2, 0.25) is 0 Å². The summed E-state index contributed by atoms with van der Waals surface area (Å²) in [6, 6.07) is 7.76. The Bertz CT molecular complexity index is 920. The van der Waals surface area contributed by atoms with Gasteiger partial charge in [-0.25, -0.2) is 0 Å². The van der Waals surface area contributed by atoms with Gasteiger partial charge in [-0.15, -0.1) is 0 Å². The molecule has 0 unspecified atom stereocenters. The van der Waals surface area contributed by atoms with Crippen molar-refractivity contribution >= 4 is 60.8 Å². The fourth-order valence-corrected chi connectivity index (χ4v) is 4.00. The molecule has 3 rings (SSSR count). The molecule has 0 aromatic heterocycles. The summed E-state index contributed by atoms with van der Waals surface area (Å²) >= 11 is 6.80. The fraction of sp³-hybridized carbons (Fsp3) is 0.118. The summed E-state index contributed by atoms with van der Waals surface area (Å²) in [5, 5.41) is 22.6. The monoisotopic (exact) mass is 482 g/mol. The predicted octanol–water partition coefficient (Wildman–Crippen LogP) is 3.98. The lowest BCUT2D eigenvalue weighted by atomic mass is 10.0. The summed E-state index contributed by atoms with van der Waals surface area (Å²) in [5.41, 5.74) is 1.97. The zero-order valence-corrected chi connectivity index (χ0v) is 16.3. The molecule has 0 aliphatic carbocycles. The second-order valence-corrected chi connectivity index (χ2v) is 7.09. The van der Waals surface area contributed by atoms with Crippen LogP contribution in [0.5, 0.6) is 5.75 Å². The number of nitro groups is 1. The van der Waals surface area contributed by atoms with Gasteiger partial charge in [-0.3, -0.25) is 14.9 Å². The van der Waals surface area contributed by atoms with Crippen molar-refractivity contribution in [3.63, 3.8) is 0 Å². The van der Waals surface area contributed by atoms with E-state index in [2.05, 4.69) is 37.2 Å². The highest BCUT2D eigenvalue weighted by Crippen LogP contribution is 2.38. The molecule has 2 aromatic carbocycles. The molecule has 0 spiro atoms. The number of benzene rings is 2. The molecule has 134 valence electrons. The smallest absolute Gasteiger partial charge is 0.270 e. The van der Waals surface area contributed by atoms with Crippen LogP contribution < -0.4 is 10.1 Å². The molecule has 0 saturated carbocycles. The van der Waals surface area contributed by atoms with Gasteiger partial charge in [-0.05, 0) is 61.7 Å². The molecule has 9 heteroatoms. The maximum absolute atomic E-state index is 12.3. The van der Waals surface area contributed by atoms with E-state index in [0.29, 0.717) is 37.1 Å². The largest absolute Gasteiger partial charge is 0.489 e. The van der Waals surface area contributed by atoms with E-state index in [4.69, 9.17) is 9.84 Å². The fourth-order valence-electron chi connectivity index (χ4n) is 2.55. The minimum absolute atomic E-state index is 0.0822. The first-order chi connectivity index (χ1) is 12.4. The Morgan fingerprint density at radius 2 is 1.92 bits per heavy atom. The van der Waals surface area contributed by atoms with Gasteiger partial charge in [0, 0.05) is 29.0 Å². The molecule has 0 saturated heterocycles.